The Morgan fingerprint density at radius 3 is 2.31 bits per heavy atom. The Kier molecular flexibility index (Phi) is 2.42. The maximum Gasteiger partial charge on any atom is 0.0640 e. The summed E-state index contributed by atoms with van der Waals surface area (Å²) in [7, 11) is 1.94. The minimum Gasteiger partial charge on any atom is -0.327 e. The van der Waals surface area contributed by atoms with E-state index in [1.54, 1.807) is 0 Å². The van der Waals surface area contributed by atoms with Crippen molar-refractivity contribution in [3.8, 4) is 0 Å². The zero-order chi connectivity index (χ0) is 12.1. The molecule has 1 heterocycles. The van der Waals surface area contributed by atoms with Crippen molar-refractivity contribution >= 4 is 0 Å². The summed E-state index contributed by atoms with van der Waals surface area (Å²) in [5, 5.41) is 4.39. The zero-order valence-corrected chi connectivity index (χ0v) is 11.0. The molecule has 90 valence electrons. The number of hydrogen-bond acceptors (Lipinski definition) is 2. The van der Waals surface area contributed by atoms with Crippen LogP contribution in [-0.2, 0) is 13.5 Å². The molecule has 1 aliphatic rings. The average Bonchev–Trinajstić information content (AvgIpc) is 2.44. The highest BCUT2D eigenvalue weighted by atomic mass is 15.2. The van der Waals surface area contributed by atoms with Gasteiger partial charge >= 0.3 is 0 Å². The molecular formula is C13H23N3. The van der Waals surface area contributed by atoms with Crippen LogP contribution in [-0.4, -0.2) is 15.8 Å². The third kappa shape index (κ3) is 1.58. The lowest BCUT2D eigenvalue weighted by Crippen LogP contribution is -2.28. The first-order chi connectivity index (χ1) is 7.26. The van der Waals surface area contributed by atoms with Gasteiger partial charge in [0.05, 0.1) is 5.69 Å². The van der Waals surface area contributed by atoms with Crippen LogP contribution in [0.15, 0.2) is 12.3 Å². The molecule has 1 aromatic rings. The zero-order valence-electron chi connectivity index (χ0n) is 11.0. The Morgan fingerprint density at radius 1 is 1.38 bits per heavy atom. The maximum atomic E-state index is 6.32. The number of nitrogens with zero attached hydrogens (tertiary/aromatic N) is 2. The van der Waals surface area contributed by atoms with Crippen molar-refractivity contribution in [2.75, 3.05) is 0 Å². The summed E-state index contributed by atoms with van der Waals surface area (Å²) in [5.74, 6) is 0.599. The number of nitrogens with two attached hydrogens (primary N) is 1. The van der Waals surface area contributed by atoms with Crippen molar-refractivity contribution in [2.45, 2.75) is 40.2 Å². The lowest BCUT2D eigenvalue weighted by atomic mass is 10.0. The Bertz CT molecular complexity index is 376. The largest absolute Gasteiger partial charge is 0.327 e. The minimum atomic E-state index is 0.222. The highest BCUT2D eigenvalue weighted by molar-refractivity contribution is 5.17. The maximum absolute atomic E-state index is 6.32. The fraction of sp³-hybridized carbons (Fsp3) is 0.769. The molecule has 1 aliphatic carbocycles. The summed E-state index contributed by atoms with van der Waals surface area (Å²) >= 11 is 0. The number of aryl methyl sites for hydroxylation is 1. The molecule has 1 aromatic heterocycles. The molecule has 1 saturated carbocycles. The predicted molar refractivity (Wildman–Crippen MR) is 65.9 cm³/mol. The van der Waals surface area contributed by atoms with Crippen LogP contribution in [0, 0.1) is 16.7 Å². The van der Waals surface area contributed by atoms with Crippen molar-refractivity contribution in [2.24, 2.45) is 29.5 Å². The Morgan fingerprint density at radius 2 is 1.94 bits per heavy atom. The average molecular weight is 221 g/mol. The molecule has 16 heavy (non-hydrogen) atoms. The van der Waals surface area contributed by atoms with Crippen molar-refractivity contribution < 1.29 is 0 Å². The van der Waals surface area contributed by atoms with Gasteiger partial charge in [0, 0.05) is 25.7 Å². The third-order valence-corrected chi connectivity index (χ3v) is 4.77. The van der Waals surface area contributed by atoms with Gasteiger partial charge in [-0.05, 0) is 22.8 Å². The monoisotopic (exact) mass is 221 g/mol. The van der Waals surface area contributed by atoms with E-state index in [-0.39, 0.29) is 6.04 Å². The fourth-order valence-corrected chi connectivity index (χ4v) is 3.25. The molecular weight excluding hydrogens is 198 g/mol. The van der Waals surface area contributed by atoms with Crippen LogP contribution in [0.25, 0.3) is 0 Å². The number of rotatable bonds is 3. The first-order valence-corrected chi connectivity index (χ1v) is 6.01. The van der Waals surface area contributed by atoms with Crippen molar-refractivity contribution in [1.29, 1.82) is 0 Å². The van der Waals surface area contributed by atoms with Crippen molar-refractivity contribution in [3.05, 3.63) is 18.0 Å². The standard InChI is InChI=1S/C13H23N3/c1-12(2)11(13(12,3)4)10(14)8-9-6-7-16(5)15-9/h6-7,10-11H,8,14H2,1-5H3. The highest BCUT2D eigenvalue weighted by Crippen LogP contribution is 2.69. The Labute approximate surface area is 98.0 Å². The smallest absolute Gasteiger partial charge is 0.0640 e. The predicted octanol–water partition coefficient (Wildman–Crippen LogP) is 1.97. The van der Waals surface area contributed by atoms with Crippen molar-refractivity contribution in [1.82, 2.24) is 9.78 Å². The Balaban J connectivity index is 2.03. The SMILES string of the molecule is Cn1ccc(CC(N)C2C(C)(C)C2(C)C)n1. The number of aromatic nitrogens is 2. The molecule has 3 heteroatoms. The summed E-state index contributed by atoms with van der Waals surface area (Å²) in [4.78, 5) is 0. The minimum absolute atomic E-state index is 0.222. The lowest BCUT2D eigenvalue weighted by molar-refractivity contribution is 0.457. The van der Waals surface area contributed by atoms with Gasteiger partial charge in [-0.2, -0.15) is 5.10 Å². The van der Waals surface area contributed by atoms with Gasteiger partial charge in [0.2, 0.25) is 0 Å². The van der Waals surface area contributed by atoms with Gasteiger partial charge in [-0.1, -0.05) is 27.7 Å². The van der Waals surface area contributed by atoms with Gasteiger partial charge in [0.15, 0.2) is 0 Å². The molecule has 0 bridgehead atoms. The molecule has 0 amide bonds. The van der Waals surface area contributed by atoms with Gasteiger partial charge in [0.25, 0.3) is 0 Å². The molecule has 0 radical (unpaired) electrons. The van der Waals surface area contributed by atoms with E-state index in [0.29, 0.717) is 16.7 Å². The topological polar surface area (TPSA) is 43.8 Å². The van der Waals surface area contributed by atoms with E-state index in [9.17, 15) is 0 Å². The lowest BCUT2D eigenvalue weighted by Gasteiger charge is -2.12. The van der Waals surface area contributed by atoms with Crippen LogP contribution in [0.1, 0.15) is 33.4 Å². The second-order valence-electron chi connectivity index (χ2n) is 6.27. The molecule has 0 aliphatic heterocycles. The van der Waals surface area contributed by atoms with Gasteiger partial charge in [0.1, 0.15) is 0 Å². The van der Waals surface area contributed by atoms with Crippen LogP contribution >= 0.6 is 0 Å². The van der Waals surface area contributed by atoms with E-state index >= 15 is 0 Å². The molecule has 1 fully saturated rings. The second-order valence-corrected chi connectivity index (χ2v) is 6.27. The van der Waals surface area contributed by atoms with Gasteiger partial charge < -0.3 is 5.73 Å². The van der Waals surface area contributed by atoms with Gasteiger partial charge in [-0.25, -0.2) is 0 Å². The Hall–Kier alpha value is -0.830. The molecule has 2 rings (SSSR count). The first kappa shape index (κ1) is 11.6. The van der Waals surface area contributed by atoms with Crippen LogP contribution in [0.5, 0.6) is 0 Å². The van der Waals surface area contributed by atoms with Gasteiger partial charge in [-0.3, -0.25) is 4.68 Å². The van der Waals surface area contributed by atoms with E-state index in [1.807, 2.05) is 17.9 Å². The molecule has 1 atom stereocenters. The summed E-state index contributed by atoms with van der Waals surface area (Å²) < 4.78 is 1.84. The van der Waals surface area contributed by atoms with E-state index < -0.39 is 0 Å². The van der Waals surface area contributed by atoms with Crippen molar-refractivity contribution in [3.63, 3.8) is 0 Å². The molecule has 3 nitrogen and oxygen atoms in total. The molecule has 1 unspecified atom stereocenters. The summed E-state index contributed by atoms with van der Waals surface area (Å²) in [6.07, 6.45) is 2.86. The molecule has 0 aromatic carbocycles. The second kappa shape index (κ2) is 3.33. The quantitative estimate of drug-likeness (QED) is 0.848. The van der Waals surface area contributed by atoms with E-state index in [4.69, 9.17) is 5.73 Å². The number of hydrogen-bond donors (Lipinski definition) is 1. The summed E-state index contributed by atoms with van der Waals surface area (Å²) in [6, 6.07) is 2.28. The summed E-state index contributed by atoms with van der Waals surface area (Å²) in [6.45, 7) is 9.26. The van der Waals surface area contributed by atoms with Crippen LogP contribution in [0.3, 0.4) is 0 Å². The van der Waals surface area contributed by atoms with Crippen LogP contribution < -0.4 is 5.73 Å². The molecule has 2 N–H and O–H groups in total. The van der Waals surface area contributed by atoms with Crippen LogP contribution in [0.4, 0.5) is 0 Å². The molecule has 0 saturated heterocycles. The third-order valence-electron chi connectivity index (χ3n) is 4.77. The first-order valence-electron chi connectivity index (χ1n) is 6.01. The summed E-state index contributed by atoms with van der Waals surface area (Å²) in [5.41, 5.74) is 8.15. The highest BCUT2D eigenvalue weighted by Gasteiger charge is 2.66. The van der Waals surface area contributed by atoms with E-state index in [1.165, 1.54) is 0 Å². The van der Waals surface area contributed by atoms with E-state index in [0.717, 1.165) is 12.1 Å². The van der Waals surface area contributed by atoms with Crippen LogP contribution in [0.2, 0.25) is 0 Å². The molecule has 0 spiro atoms. The fourth-order valence-electron chi connectivity index (χ4n) is 3.25. The van der Waals surface area contributed by atoms with E-state index in [2.05, 4.69) is 38.9 Å². The van der Waals surface area contributed by atoms with Gasteiger partial charge in [-0.15, -0.1) is 0 Å². The normalized spacial score (nSPS) is 24.4.